The van der Waals surface area contributed by atoms with Gasteiger partial charge in [0.1, 0.15) is 0 Å². The van der Waals surface area contributed by atoms with E-state index in [1.54, 1.807) is 23.1 Å². The highest BCUT2D eigenvalue weighted by Gasteiger charge is 2.15. The van der Waals surface area contributed by atoms with Crippen LogP contribution in [0.1, 0.15) is 21.8 Å². The van der Waals surface area contributed by atoms with E-state index in [1.165, 1.54) is 11.1 Å². The summed E-state index contributed by atoms with van der Waals surface area (Å²) in [6.45, 7) is 8.00. The van der Waals surface area contributed by atoms with Gasteiger partial charge in [-0.05, 0) is 25.1 Å². The molecule has 5 nitrogen and oxygen atoms in total. The molecule has 1 aromatic heterocycles. The fraction of sp³-hybridized carbons (Fsp3) is 0.500. The summed E-state index contributed by atoms with van der Waals surface area (Å²) in [6, 6.07) is 8.44. The van der Waals surface area contributed by atoms with Crippen LogP contribution in [0.4, 0.5) is 0 Å². The Morgan fingerprint density at radius 2 is 1.96 bits per heavy atom. The first-order valence-corrected chi connectivity index (χ1v) is 11.4. The van der Waals surface area contributed by atoms with Crippen LogP contribution in [0.25, 0.3) is 0 Å². The van der Waals surface area contributed by atoms with Crippen molar-refractivity contribution in [3.05, 3.63) is 51.5 Å². The molecule has 0 aliphatic carbocycles. The van der Waals surface area contributed by atoms with Crippen LogP contribution in [0.15, 0.2) is 29.6 Å². The Morgan fingerprint density at radius 3 is 2.67 bits per heavy atom. The molecule has 1 aliphatic heterocycles. The van der Waals surface area contributed by atoms with Gasteiger partial charge in [0.2, 0.25) is 5.91 Å². The number of hydrogen-bond acceptors (Lipinski definition) is 6. The number of thiazole rings is 1. The normalized spacial score (nSPS) is 15.8. The number of hydrogen-bond donors (Lipinski definition) is 1. The number of nitrogens with zero attached hydrogens (tertiary/aromatic N) is 3. The number of nitrogens with one attached hydrogen (secondary N) is 1. The standard InChI is InChI=1S/C20H28N4OS2/c1-16-22-19(14-27-16)13-26-15-20(25)21-11-17-5-3-4-6-18(17)12-24-9-7-23(2)8-10-24/h3-6,14H,7-13,15H2,1-2H3,(H,21,25). The van der Waals surface area contributed by atoms with E-state index in [2.05, 4.69) is 50.7 Å². The first kappa shape index (κ1) is 20.3. The number of aromatic nitrogens is 1. The Balaban J connectivity index is 1.44. The summed E-state index contributed by atoms with van der Waals surface area (Å²) in [5.41, 5.74) is 3.59. The van der Waals surface area contributed by atoms with E-state index in [0.717, 1.165) is 49.2 Å². The van der Waals surface area contributed by atoms with Gasteiger partial charge in [-0.25, -0.2) is 4.98 Å². The molecule has 1 N–H and O–H groups in total. The van der Waals surface area contributed by atoms with Crippen molar-refractivity contribution in [3.63, 3.8) is 0 Å². The lowest BCUT2D eigenvalue weighted by Crippen LogP contribution is -2.44. The predicted molar refractivity (Wildman–Crippen MR) is 114 cm³/mol. The Kier molecular flexibility index (Phi) is 7.70. The van der Waals surface area contributed by atoms with Crippen molar-refractivity contribution in [3.8, 4) is 0 Å². The number of carbonyl (C=O) groups excluding carboxylic acids is 1. The van der Waals surface area contributed by atoms with Gasteiger partial charge < -0.3 is 10.2 Å². The molecular formula is C20H28N4OS2. The molecule has 2 aromatic rings. The van der Waals surface area contributed by atoms with Crippen LogP contribution >= 0.6 is 23.1 Å². The van der Waals surface area contributed by atoms with Gasteiger partial charge in [0.05, 0.1) is 16.5 Å². The minimum absolute atomic E-state index is 0.0846. The van der Waals surface area contributed by atoms with Gasteiger partial charge in [0.15, 0.2) is 0 Å². The second-order valence-electron chi connectivity index (χ2n) is 6.98. The van der Waals surface area contributed by atoms with Crippen LogP contribution in [-0.4, -0.2) is 59.7 Å². The Morgan fingerprint density at radius 1 is 1.22 bits per heavy atom. The van der Waals surface area contributed by atoms with Crippen LogP contribution in [0.2, 0.25) is 0 Å². The average molecular weight is 405 g/mol. The molecule has 146 valence electrons. The smallest absolute Gasteiger partial charge is 0.230 e. The maximum absolute atomic E-state index is 12.2. The number of amides is 1. The van der Waals surface area contributed by atoms with Gasteiger partial charge in [0, 0.05) is 50.4 Å². The third-order valence-electron chi connectivity index (χ3n) is 4.73. The molecule has 0 radical (unpaired) electrons. The monoisotopic (exact) mass is 404 g/mol. The molecule has 7 heteroatoms. The highest BCUT2D eigenvalue weighted by molar-refractivity contribution is 7.99. The van der Waals surface area contributed by atoms with Crippen LogP contribution in [-0.2, 0) is 23.6 Å². The third-order valence-corrected chi connectivity index (χ3v) is 6.52. The van der Waals surface area contributed by atoms with Gasteiger partial charge in [-0.15, -0.1) is 23.1 Å². The summed E-state index contributed by atoms with van der Waals surface area (Å²) >= 11 is 3.27. The summed E-state index contributed by atoms with van der Waals surface area (Å²) in [4.78, 5) is 21.5. The van der Waals surface area contributed by atoms with Crippen LogP contribution in [0.5, 0.6) is 0 Å². The van der Waals surface area contributed by atoms with Gasteiger partial charge in [-0.3, -0.25) is 9.69 Å². The van der Waals surface area contributed by atoms with Gasteiger partial charge >= 0.3 is 0 Å². The molecule has 1 saturated heterocycles. The van der Waals surface area contributed by atoms with Gasteiger partial charge in [-0.1, -0.05) is 24.3 Å². The average Bonchev–Trinajstić information content (AvgIpc) is 3.08. The number of benzene rings is 1. The molecule has 0 atom stereocenters. The fourth-order valence-electron chi connectivity index (χ4n) is 3.10. The molecule has 1 aliphatic rings. The molecule has 1 aromatic carbocycles. The molecule has 0 spiro atoms. The van der Waals surface area contributed by atoms with Crippen LogP contribution in [0, 0.1) is 6.92 Å². The Labute approximate surface area is 170 Å². The van der Waals surface area contributed by atoms with E-state index >= 15 is 0 Å². The number of carbonyl (C=O) groups is 1. The quantitative estimate of drug-likeness (QED) is 0.733. The molecular weight excluding hydrogens is 376 g/mol. The molecule has 1 fully saturated rings. The molecule has 0 saturated carbocycles. The van der Waals surface area contributed by atoms with Crippen molar-refractivity contribution in [1.82, 2.24) is 20.1 Å². The largest absolute Gasteiger partial charge is 0.351 e. The van der Waals surface area contributed by atoms with E-state index in [-0.39, 0.29) is 5.91 Å². The lowest BCUT2D eigenvalue weighted by Gasteiger charge is -2.32. The number of likely N-dealkylation sites (N-methyl/N-ethyl adjacent to an activating group) is 1. The van der Waals surface area contributed by atoms with E-state index < -0.39 is 0 Å². The minimum atomic E-state index is 0.0846. The lowest BCUT2D eigenvalue weighted by molar-refractivity contribution is -0.118. The van der Waals surface area contributed by atoms with E-state index in [1.807, 2.05) is 13.0 Å². The second-order valence-corrected chi connectivity index (χ2v) is 9.02. The van der Waals surface area contributed by atoms with Crippen molar-refractivity contribution < 1.29 is 4.79 Å². The van der Waals surface area contributed by atoms with Gasteiger partial charge in [-0.2, -0.15) is 0 Å². The number of piperazine rings is 1. The zero-order chi connectivity index (χ0) is 19.1. The third kappa shape index (κ3) is 6.60. The SMILES string of the molecule is Cc1nc(CSCC(=O)NCc2ccccc2CN2CCN(C)CC2)cs1. The maximum Gasteiger partial charge on any atom is 0.230 e. The topological polar surface area (TPSA) is 48.5 Å². The minimum Gasteiger partial charge on any atom is -0.351 e. The molecule has 27 heavy (non-hydrogen) atoms. The van der Waals surface area contributed by atoms with Crippen molar-refractivity contribution >= 4 is 29.0 Å². The summed E-state index contributed by atoms with van der Waals surface area (Å²) in [5, 5.41) is 6.21. The summed E-state index contributed by atoms with van der Waals surface area (Å²) in [5.74, 6) is 1.34. The molecule has 3 rings (SSSR count). The van der Waals surface area contributed by atoms with Crippen LogP contribution < -0.4 is 5.32 Å². The van der Waals surface area contributed by atoms with Crippen LogP contribution in [0.3, 0.4) is 0 Å². The second kappa shape index (κ2) is 10.2. The maximum atomic E-state index is 12.2. The van der Waals surface area contributed by atoms with E-state index in [0.29, 0.717) is 12.3 Å². The van der Waals surface area contributed by atoms with Gasteiger partial charge in [0.25, 0.3) is 0 Å². The summed E-state index contributed by atoms with van der Waals surface area (Å²) < 4.78 is 0. The van der Waals surface area contributed by atoms with Crippen molar-refractivity contribution in [1.29, 1.82) is 0 Å². The van der Waals surface area contributed by atoms with Crippen molar-refractivity contribution in [2.24, 2.45) is 0 Å². The van der Waals surface area contributed by atoms with Crippen molar-refractivity contribution in [2.75, 3.05) is 39.0 Å². The summed E-state index contributed by atoms with van der Waals surface area (Å²) in [7, 11) is 2.18. The first-order valence-electron chi connectivity index (χ1n) is 9.33. The Hall–Kier alpha value is -1.41. The molecule has 1 amide bonds. The highest BCUT2D eigenvalue weighted by atomic mass is 32.2. The van der Waals surface area contributed by atoms with E-state index in [9.17, 15) is 4.79 Å². The number of rotatable bonds is 8. The molecule has 2 heterocycles. The summed E-state index contributed by atoms with van der Waals surface area (Å²) in [6.07, 6.45) is 0. The lowest BCUT2D eigenvalue weighted by atomic mass is 10.1. The Bertz CT molecular complexity index is 741. The fourth-order valence-corrected chi connectivity index (χ4v) is 4.56. The number of thioether (sulfide) groups is 1. The zero-order valence-corrected chi connectivity index (χ0v) is 17.7. The number of aryl methyl sites for hydroxylation is 1. The van der Waals surface area contributed by atoms with E-state index in [4.69, 9.17) is 0 Å². The first-order chi connectivity index (χ1) is 13.1. The molecule has 0 bridgehead atoms. The molecule has 0 unspecified atom stereocenters. The zero-order valence-electron chi connectivity index (χ0n) is 16.1. The highest BCUT2D eigenvalue weighted by Crippen LogP contribution is 2.16. The predicted octanol–water partition coefficient (Wildman–Crippen LogP) is 2.75. The van der Waals surface area contributed by atoms with Crippen molar-refractivity contribution in [2.45, 2.75) is 25.8 Å².